The van der Waals surface area contributed by atoms with Crippen LogP contribution in [0.1, 0.15) is 41.8 Å². The van der Waals surface area contributed by atoms with Gasteiger partial charge >= 0.3 is 5.97 Å². The minimum Gasteiger partial charge on any atom is -0.489 e. The summed E-state index contributed by atoms with van der Waals surface area (Å²) in [6, 6.07) is 12.2. The fourth-order valence-electron chi connectivity index (χ4n) is 3.62. The third-order valence-electron chi connectivity index (χ3n) is 5.25. The zero-order valence-corrected chi connectivity index (χ0v) is 18.8. The Hall–Kier alpha value is -3.88. The summed E-state index contributed by atoms with van der Waals surface area (Å²) in [5.74, 6) is -0.545. The van der Waals surface area contributed by atoms with Crippen LogP contribution in [0, 0.1) is 5.41 Å². The molecule has 9 nitrogen and oxygen atoms in total. The standard InChI is InChI=1S/C24H28N4O5/c1-3-28-20-9-8-18(33-15-16-6-5-7-17(12-16)23(25)26)13-19(20)24(31)27(14-21(28)29)11-10-22(30)32-4-2/h5-9,12-13H,3-4,10-11,14-15H2,1-2H3,(H3,25,26). The summed E-state index contributed by atoms with van der Waals surface area (Å²) in [5.41, 5.74) is 7.82. The van der Waals surface area contributed by atoms with Gasteiger partial charge in [0.05, 0.1) is 24.3 Å². The number of amidine groups is 1. The Labute approximate surface area is 192 Å². The van der Waals surface area contributed by atoms with Crippen molar-refractivity contribution in [2.24, 2.45) is 5.73 Å². The SMILES string of the molecule is CCOC(=O)CCN1CC(=O)N(CC)c2ccc(OCc3cccc(C(=N)N)c3)cc2C1=O. The average molecular weight is 453 g/mol. The number of carbonyl (C=O) groups excluding carboxylic acids is 3. The number of amides is 2. The van der Waals surface area contributed by atoms with Gasteiger partial charge in [-0.1, -0.05) is 18.2 Å². The van der Waals surface area contributed by atoms with E-state index in [1.165, 1.54) is 4.90 Å². The van der Waals surface area contributed by atoms with Crippen LogP contribution >= 0.6 is 0 Å². The van der Waals surface area contributed by atoms with E-state index in [9.17, 15) is 14.4 Å². The predicted octanol–water partition coefficient (Wildman–Crippen LogP) is 2.31. The second-order valence-electron chi connectivity index (χ2n) is 7.50. The van der Waals surface area contributed by atoms with E-state index in [-0.39, 0.29) is 50.4 Å². The molecule has 0 radical (unpaired) electrons. The molecule has 1 aliphatic rings. The Kier molecular flexibility index (Phi) is 7.66. The highest BCUT2D eigenvalue weighted by Crippen LogP contribution is 2.30. The number of nitrogens with two attached hydrogens (primary N) is 1. The molecule has 0 fully saturated rings. The molecule has 9 heteroatoms. The van der Waals surface area contributed by atoms with E-state index in [1.807, 2.05) is 13.0 Å². The van der Waals surface area contributed by atoms with Gasteiger partial charge < -0.3 is 25.0 Å². The maximum atomic E-state index is 13.3. The average Bonchev–Trinajstić information content (AvgIpc) is 2.90. The van der Waals surface area contributed by atoms with Gasteiger partial charge in [0.2, 0.25) is 5.91 Å². The number of anilines is 1. The highest BCUT2D eigenvalue weighted by atomic mass is 16.5. The molecule has 2 aromatic carbocycles. The second kappa shape index (κ2) is 10.6. The molecule has 2 amide bonds. The summed E-state index contributed by atoms with van der Waals surface area (Å²) in [6.07, 6.45) is 0.0109. The number of rotatable bonds is 9. The third-order valence-corrected chi connectivity index (χ3v) is 5.25. The van der Waals surface area contributed by atoms with Crippen LogP contribution < -0.4 is 15.4 Å². The molecule has 1 aliphatic heterocycles. The quantitative estimate of drug-likeness (QED) is 0.342. The van der Waals surface area contributed by atoms with E-state index in [0.717, 1.165) is 5.56 Å². The third kappa shape index (κ3) is 5.68. The Bertz CT molecular complexity index is 1070. The number of hydrogen-bond donors (Lipinski definition) is 2. The highest BCUT2D eigenvalue weighted by molar-refractivity contribution is 6.10. The molecule has 0 bridgehead atoms. The zero-order valence-electron chi connectivity index (χ0n) is 18.8. The maximum absolute atomic E-state index is 13.3. The minimum absolute atomic E-state index is 0.0109. The molecule has 174 valence electrons. The van der Waals surface area contributed by atoms with Gasteiger partial charge in [-0.05, 0) is 43.7 Å². The Morgan fingerprint density at radius 2 is 1.94 bits per heavy atom. The Morgan fingerprint density at radius 3 is 2.64 bits per heavy atom. The molecule has 3 rings (SSSR count). The first-order valence-corrected chi connectivity index (χ1v) is 10.8. The number of likely N-dealkylation sites (N-methyl/N-ethyl adjacent to an activating group) is 1. The van der Waals surface area contributed by atoms with Crippen molar-refractivity contribution in [3.63, 3.8) is 0 Å². The topological polar surface area (TPSA) is 126 Å². The number of fused-ring (bicyclic) bond motifs is 1. The number of hydrogen-bond acceptors (Lipinski definition) is 6. The van der Waals surface area contributed by atoms with Crippen LogP contribution in [0.25, 0.3) is 0 Å². The molecular weight excluding hydrogens is 424 g/mol. The molecule has 0 unspecified atom stereocenters. The van der Waals surface area contributed by atoms with Gasteiger partial charge in [-0.15, -0.1) is 0 Å². The van der Waals surface area contributed by atoms with Crippen LogP contribution in [-0.4, -0.2) is 54.8 Å². The lowest BCUT2D eigenvalue weighted by molar-refractivity contribution is -0.143. The number of nitrogen functional groups attached to an aromatic ring is 1. The second-order valence-corrected chi connectivity index (χ2v) is 7.50. The van der Waals surface area contributed by atoms with Gasteiger partial charge in [0, 0.05) is 18.7 Å². The van der Waals surface area contributed by atoms with E-state index in [4.69, 9.17) is 20.6 Å². The molecule has 0 aromatic heterocycles. The summed E-state index contributed by atoms with van der Waals surface area (Å²) in [6.45, 7) is 4.41. The molecule has 0 saturated heterocycles. The van der Waals surface area contributed by atoms with E-state index in [0.29, 0.717) is 29.1 Å². The molecule has 1 heterocycles. The number of ether oxygens (including phenoxy) is 2. The van der Waals surface area contributed by atoms with Gasteiger partial charge in [-0.2, -0.15) is 0 Å². The highest BCUT2D eigenvalue weighted by Gasteiger charge is 2.31. The normalized spacial score (nSPS) is 13.4. The van der Waals surface area contributed by atoms with Crippen molar-refractivity contribution < 1.29 is 23.9 Å². The van der Waals surface area contributed by atoms with Crippen LogP contribution in [0.2, 0.25) is 0 Å². The van der Waals surface area contributed by atoms with Crippen LogP contribution in [0.3, 0.4) is 0 Å². The number of carbonyl (C=O) groups is 3. The summed E-state index contributed by atoms with van der Waals surface area (Å²) >= 11 is 0. The summed E-state index contributed by atoms with van der Waals surface area (Å²) in [7, 11) is 0. The Balaban J connectivity index is 1.83. The van der Waals surface area contributed by atoms with Gasteiger partial charge in [-0.3, -0.25) is 19.8 Å². The van der Waals surface area contributed by atoms with Crippen LogP contribution in [0.4, 0.5) is 5.69 Å². The maximum Gasteiger partial charge on any atom is 0.307 e. The van der Waals surface area contributed by atoms with Crippen LogP contribution in [-0.2, 0) is 20.9 Å². The number of nitrogens with zero attached hydrogens (tertiary/aromatic N) is 2. The monoisotopic (exact) mass is 452 g/mol. The van der Waals surface area contributed by atoms with Crippen molar-refractivity contribution in [1.29, 1.82) is 5.41 Å². The molecule has 0 atom stereocenters. The fraction of sp³-hybridized carbons (Fsp3) is 0.333. The van der Waals surface area contributed by atoms with Gasteiger partial charge in [0.1, 0.15) is 24.7 Å². The molecule has 0 saturated carbocycles. The van der Waals surface area contributed by atoms with Crippen molar-refractivity contribution in [1.82, 2.24) is 4.90 Å². The van der Waals surface area contributed by atoms with Crippen molar-refractivity contribution in [3.8, 4) is 5.75 Å². The van der Waals surface area contributed by atoms with Crippen LogP contribution in [0.15, 0.2) is 42.5 Å². The molecule has 3 N–H and O–H groups in total. The van der Waals surface area contributed by atoms with Crippen molar-refractivity contribution in [2.75, 3.05) is 31.1 Å². The zero-order chi connectivity index (χ0) is 24.0. The largest absolute Gasteiger partial charge is 0.489 e. The molecule has 0 aliphatic carbocycles. The van der Waals surface area contributed by atoms with Gasteiger partial charge in [-0.25, -0.2) is 0 Å². The van der Waals surface area contributed by atoms with E-state index in [1.54, 1.807) is 48.2 Å². The number of nitrogens with one attached hydrogen (secondary N) is 1. The first kappa shape index (κ1) is 23.8. The molecule has 2 aromatic rings. The van der Waals surface area contributed by atoms with Crippen LogP contribution in [0.5, 0.6) is 5.75 Å². The number of benzene rings is 2. The first-order valence-electron chi connectivity index (χ1n) is 10.8. The smallest absolute Gasteiger partial charge is 0.307 e. The number of esters is 1. The lowest BCUT2D eigenvalue weighted by Gasteiger charge is -2.21. The van der Waals surface area contributed by atoms with E-state index in [2.05, 4.69) is 0 Å². The summed E-state index contributed by atoms with van der Waals surface area (Å²) in [4.78, 5) is 40.7. The van der Waals surface area contributed by atoms with Crippen molar-refractivity contribution in [2.45, 2.75) is 26.9 Å². The van der Waals surface area contributed by atoms with E-state index < -0.39 is 5.97 Å². The molecule has 33 heavy (non-hydrogen) atoms. The Morgan fingerprint density at radius 1 is 1.15 bits per heavy atom. The predicted molar refractivity (Wildman–Crippen MR) is 123 cm³/mol. The lowest BCUT2D eigenvalue weighted by atomic mass is 10.1. The molecular formula is C24H28N4O5. The van der Waals surface area contributed by atoms with E-state index >= 15 is 0 Å². The van der Waals surface area contributed by atoms with Gasteiger partial charge in [0.25, 0.3) is 5.91 Å². The van der Waals surface area contributed by atoms with Crippen molar-refractivity contribution in [3.05, 3.63) is 59.2 Å². The minimum atomic E-state index is -0.417. The summed E-state index contributed by atoms with van der Waals surface area (Å²) < 4.78 is 10.8. The van der Waals surface area contributed by atoms with Crippen molar-refractivity contribution >= 4 is 29.3 Å². The summed E-state index contributed by atoms with van der Waals surface area (Å²) in [5, 5.41) is 7.57. The first-order chi connectivity index (χ1) is 15.8. The lowest BCUT2D eigenvalue weighted by Crippen LogP contribution is -2.40. The fourth-order valence-corrected chi connectivity index (χ4v) is 3.62. The van der Waals surface area contributed by atoms with Gasteiger partial charge in [0.15, 0.2) is 0 Å². The molecule has 0 spiro atoms.